The van der Waals surface area contributed by atoms with Crippen LogP contribution in [0.3, 0.4) is 0 Å². The number of hydrogen-bond donors (Lipinski definition) is 2. The van der Waals surface area contributed by atoms with E-state index in [9.17, 15) is 9.59 Å². The molecular weight excluding hydrogens is 222 g/mol. The van der Waals surface area contributed by atoms with Gasteiger partial charge in [-0.2, -0.15) is 5.10 Å². The number of aliphatic carboxylic acids is 1. The Bertz CT molecular complexity index is 437. The molecule has 0 radical (unpaired) electrons. The molecule has 1 rings (SSSR count). The summed E-state index contributed by atoms with van der Waals surface area (Å²) in [6.07, 6.45) is 1.43. The van der Waals surface area contributed by atoms with Gasteiger partial charge in [-0.15, -0.1) is 0 Å². The molecule has 6 nitrogen and oxygen atoms in total. The standard InChI is InChI=1S/C11H17N3O3/c1-6(2)9(11(16)17)13-10(15)8-5-12-14(4)7(8)3/h5-6,9H,1-4H3,(H,13,15)(H,16,17). The topological polar surface area (TPSA) is 84.2 Å². The molecule has 1 heterocycles. The normalized spacial score (nSPS) is 12.5. The zero-order chi connectivity index (χ0) is 13.2. The molecule has 6 heteroatoms. The fourth-order valence-electron chi connectivity index (χ4n) is 1.45. The minimum atomic E-state index is -1.03. The van der Waals surface area contributed by atoms with Crippen molar-refractivity contribution in [1.29, 1.82) is 0 Å². The van der Waals surface area contributed by atoms with E-state index in [-0.39, 0.29) is 5.92 Å². The number of carboxylic acid groups (broad SMARTS) is 1. The van der Waals surface area contributed by atoms with E-state index in [0.29, 0.717) is 11.3 Å². The van der Waals surface area contributed by atoms with Crippen LogP contribution in [0.2, 0.25) is 0 Å². The van der Waals surface area contributed by atoms with Gasteiger partial charge >= 0.3 is 5.97 Å². The lowest BCUT2D eigenvalue weighted by Crippen LogP contribution is -2.44. The van der Waals surface area contributed by atoms with Gasteiger partial charge in [0.05, 0.1) is 11.8 Å². The van der Waals surface area contributed by atoms with Crippen molar-refractivity contribution in [3.05, 3.63) is 17.5 Å². The van der Waals surface area contributed by atoms with Crippen molar-refractivity contribution in [1.82, 2.24) is 15.1 Å². The number of aromatic nitrogens is 2. The molecule has 0 saturated carbocycles. The number of carbonyl (C=O) groups excluding carboxylic acids is 1. The second-order valence-electron chi connectivity index (χ2n) is 4.30. The Morgan fingerprint density at radius 1 is 1.47 bits per heavy atom. The smallest absolute Gasteiger partial charge is 0.326 e. The van der Waals surface area contributed by atoms with Gasteiger partial charge in [0.1, 0.15) is 6.04 Å². The van der Waals surface area contributed by atoms with E-state index in [1.54, 1.807) is 32.5 Å². The molecule has 1 unspecified atom stereocenters. The minimum absolute atomic E-state index is 0.173. The summed E-state index contributed by atoms with van der Waals surface area (Å²) in [5, 5.41) is 15.4. The first-order chi connectivity index (χ1) is 7.84. The SMILES string of the molecule is Cc1c(C(=O)NC(C(=O)O)C(C)C)cnn1C. The molecule has 0 saturated heterocycles. The summed E-state index contributed by atoms with van der Waals surface area (Å²) in [4.78, 5) is 22.8. The quantitative estimate of drug-likeness (QED) is 0.804. The monoisotopic (exact) mass is 239 g/mol. The molecule has 0 aromatic carbocycles. The van der Waals surface area contributed by atoms with Crippen molar-refractivity contribution in [2.24, 2.45) is 13.0 Å². The fraction of sp³-hybridized carbons (Fsp3) is 0.545. The van der Waals surface area contributed by atoms with Gasteiger partial charge in [0.25, 0.3) is 5.91 Å². The summed E-state index contributed by atoms with van der Waals surface area (Å²) >= 11 is 0. The molecule has 0 bridgehead atoms. The van der Waals surface area contributed by atoms with Crippen LogP contribution in [0.25, 0.3) is 0 Å². The van der Waals surface area contributed by atoms with Gasteiger partial charge in [-0.25, -0.2) is 4.79 Å². The average Bonchev–Trinajstić information content (AvgIpc) is 2.55. The van der Waals surface area contributed by atoms with E-state index < -0.39 is 17.9 Å². The van der Waals surface area contributed by atoms with Crippen molar-refractivity contribution >= 4 is 11.9 Å². The Hall–Kier alpha value is -1.85. The lowest BCUT2D eigenvalue weighted by molar-refractivity contribution is -0.140. The number of carbonyl (C=O) groups is 2. The third kappa shape index (κ3) is 2.83. The number of hydrogen-bond acceptors (Lipinski definition) is 3. The second kappa shape index (κ2) is 4.99. The van der Waals surface area contributed by atoms with Gasteiger partial charge in [-0.05, 0) is 12.8 Å². The lowest BCUT2D eigenvalue weighted by Gasteiger charge is -2.17. The van der Waals surface area contributed by atoms with Crippen molar-refractivity contribution in [3.8, 4) is 0 Å². The van der Waals surface area contributed by atoms with Gasteiger partial charge in [0.15, 0.2) is 0 Å². The highest BCUT2D eigenvalue weighted by Crippen LogP contribution is 2.08. The number of rotatable bonds is 4. The third-order valence-electron chi connectivity index (χ3n) is 2.70. The Balaban J connectivity index is 2.85. The first kappa shape index (κ1) is 13.2. The maximum absolute atomic E-state index is 11.9. The van der Waals surface area contributed by atoms with Crippen molar-refractivity contribution in [2.75, 3.05) is 0 Å². The molecule has 0 aliphatic carbocycles. The van der Waals surface area contributed by atoms with Gasteiger partial charge in [0.2, 0.25) is 0 Å². The van der Waals surface area contributed by atoms with Crippen molar-refractivity contribution in [3.63, 3.8) is 0 Å². The summed E-state index contributed by atoms with van der Waals surface area (Å²) in [6, 6.07) is -0.887. The summed E-state index contributed by atoms with van der Waals surface area (Å²) in [6.45, 7) is 5.25. The molecule has 1 amide bonds. The number of amides is 1. The molecule has 1 aromatic rings. The summed E-state index contributed by atoms with van der Waals surface area (Å²) in [5.74, 6) is -1.61. The Labute approximate surface area is 99.6 Å². The third-order valence-corrected chi connectivity index (χ3v) is 2.70. The molecule has 1 aromatic heterocycles. The van der Waals surface area contributed by atoms with E-state index in [4.69, 9.17) is 5.11 Å². The summed E-state index contributed by atoms with van der Waals surface area (Å²) < 4.78 is 1.57. The summed E-state index contributed by atoms with van der Waals surface area (Å²) in [7, 11) is 1.73. The van der Waals surface area contributed by atoms with E-state index in [0.717, 1.165) is 0 Å². The maximum atomic E-state index is 11.9. The number of nitrogens with zero attached hydrogens (tertiary/aromatic N) is 2. The van der Waals surface area contributed by atoms with Gasteiger partial charge in [-0.3, -0.25) is 9.48 Å². The maximum Gasteiger partial charge on any atom is 0.326 e. The number of carboxylic acids is 1. The predicted octanol–water partition coefficient (Wildman–Crippen LogP) is 0.568. The molecule has 94 valence electrons. The average molecular weight is 239 g/mol. The van der Waals surface area contributed by atoms with Crippen LogP contribution >= 0.6 is 0 Å². The van der Waals surface area contributed by atoms with E-state index in [2.05, 4.69) is 10.4 Å². The van der Waals surface area contributed by atoms with Crippen LogP contribution in [-0.2, 0) is 11.8 Å². The molecule has 1 atom stereocenters. The molecular formula is C11H17N3O3. The molecule has 0 fully saturated rings. The zero-order valence-electron chi connectivity index (χ0n) is 10.4. The van der Waals surface area contributed by atoms with Gasteiger partial charge in [0, 0.05) is 12.7 Å². The van der Waals surface area contributed by atoms with Crippen LogP contribution in [0.1, 0.15) is 29.9 Å². The van der Waals surface area contributed by atoms with E-state index in [1.165, 1.54) is 6.20 Å². The second-order valence-corrected chi connectivity index (χ2v) is 4.30. The van der Waals surface area contributed by atoms with E-state index in [1.807, 2.05) is 0 Å². The summed E-state index contributed by atoms with van der Waals surface area (Å²) in [5.41, 5.74) is 1.11. The molecule has 17 heavy (non-hydrogen) atoms. The Morgan fingerprint density at radius 3 is 2.41 bits per heavy atom. The minimum Gasteiger partial charge on any atom is -0.480 e. The van der Waals surface area contributed by atoms with Crippen LogP contribution in [0, 0.1) is 12.8 Å². The predicted molar refractivity (Wildman–Crippen MR) is 61.7 cm³/mol. The van der Waals surface area contributed by atoms with E-state index >= 15 is 0 Å². The largest absolute Gasteiger partial charge is 0.480 e. The number of aryl methyl sites for hydroxylation is 1. The van der Waals surface area contributed by atoms with Crippen LogP contribution in [0.15, 0.2) is 6.20 Å². The first-order valence-corrected chi connectivity index (χ1v) is 5.36. The van der Waals surface area contributed by atoms with Crippen LogP contribution in [-0.4, -0.2) is 32.8 Å². The Kier molecular flexibility index (Phi) is 3.88. The van der Waals surface area contributed by atoms with Gasteiger partial charge < -0.3 is 10.4 Å². The molecule has 0 spiro atoms. The van der Waals surface area contributed by atoms with Crippen molar-refractivity contribution < 1.29 is 14.7 Å². The van der Waals surface area contributed by atoms with Crippen molar-refractivity contribution in [2.45, 2.75) is 26.8 Å². The van der Waals surface area contributed by atoms with Crippen LogP contribution < -0.4 is 5.32 Å². The van der Waals surface area contributed by atoms with Gasteiger partial charge in [-0.1, -0.05) is 13.8 Å². The first-order valence-electron chi connectivity index (χ1n) is 5.36. The highest BCUT2D eigenvalue weighted by molar-refractivity contribution is 5.97. The van der Waals surface area contributed by atoms with Crippen LogP contribution in [0.5, 0.6) is 0 Å². The highest BCUT2D eigenvalue weighted by atomic mass is 16.4. The fourth-order valence-corrected chi connectivity index (χ4v) is 1.45. The lowest BCUT2D eigenvalue weighted by atomic mass is 10.0. The number of nitrogens with one attached hydrogen (secondary N) is 1. The highest BCUT2D eigenvalue weighted by Gasteiger charge is 2.25. The molecule has 2 N–H and O–H groups in total. The molecule has 0 aliphatic rings. The molecule has 0 aliphatic heterocycles. The Morgan fingerprint density at radius 2 is 2.06 bits per heavy atom. The van der Waals surface area contributed by atoms with Crippen LogP contribution in [0.4, 0.5) is 0 Å². The zero-order valence-corrected chi connectivity index (χ0v) is 10.4.